The van der Waals surface area contributed by atoms with Crippen molar-refractivity contribution < 1.29 is 28.5 Å². The second kappa shape index (κ2) is 10.1. The molecule has 0 bridgehead atoms. The van der Waals surface area contributed by atoms with E-state index in [1.165, 1.54) is 51.3 Å². The van der Waals surface area contributed by atoms with Crippen molar-refractivity contribution >= 4 is 16.8 Å². The summed E-state index contributed by atoms with van der Waals surface area (Å²) in [7, 11) is 1.48. The Morgan fingerprint density at radius 3 is 2.37 bits per heavy atom. The summed E-state index contributed by atoms with van der Waals surface area (Å²) in [5.74, 6) is -1.36. The van der Waals surface area contributed by atoms with Crippen LogP contribution in [0.5, 0.6) is 5.75 Å². The van der Waals surface area contributed by atoms with Gasteiger partial charge in [-0.3, -0.25) is 4.79 Å². The molecule has 4 aromatic rings. The Balaban J connectivity index is 1.56. The molecule has 10 heteroatoms. The van der Waals surface area contributed by atoms with E-state index in [9.17, 15) is 19.4 Å². The van der Waals surface area contributed by atoms with Crippen molar-refractivity contribution in [2.24, 2.45) is 5.41 Å². The minimum Gasteiger partial charge on any atom is -0.494 e. The van der Waals surface area contributed by atoms with Gasteiger partial charge in [0.25, 0.3) is 5.91 Å². The van der Waals surface area contributed by atoms with E-state index < -0.39 is 34.2 Å². The molecule has 0 aliphatic heterocycles. The van der Waals surface area contributed by atoms with Gasteiger partial charge in [0.05, 0.1) is 30.6 Å². The third-order valence-corrected chi connectivity index (χ3v) is 7.92. The lowest BCUT2D eigenvalue weighted by Crippen LogP contribution is -2.47. The van der Waals surface area contributed by atoms with Gasteiger partial charge >= 0.3 is 0 Å². The van der Waals surface area contributed by atoms with Crippen molar-refractivity contribution in [2.75, 3.05) is 13.7 Å². The highest BCUT2D eigenvalue weighted by Crippen LogP contribution is 2.58. The zero-order valence-electron chi connectivity index (χ0n) is 23.5. The third kappa shape index (κ3) is 5.25. The summed E-state index contributed by atoms with van der Waals surface area (Å²) in [6.07, 6.45) is 1.29. The number of rotatable bonds is 8. The molecule has 2 aromatic carbocycles. The summed E-state index contributed by atoms with van der Waals surface area (Å²) < 4.78 is 34.8. The highest BCUT2D eigenvalue weighted by molar-refractivity contribution is 5.99. The first kappa shape index (κ1) is 28.5. The normalized spacial score (nSPS) is 15.8. The molecule has 2 aromatic heterocycles. The van der Waals surface area contributed by atoms with Crippen LogP contribution in [0, 0.1) is 24.0 Å². The molecule has 0 radical (unpaired) electrons. The third-order valence-electron chi connectivity index (χ3n) is 7.92. The van der Waals surface area contributed by atoms with Crippen LogP contribution >= 0.6 is 0 Å². The highest BCUT2D eigenvalue weighted by atomic mass is 19.1. The molecule has 41 heavy (non-hydrogen) atoms. The lowest BCUT2D eigenvalue weighted by molar-refractivity contribution is -0.0329. The number of hydrogen-bond donors (Lipinski definition) is 3. The maximum atomic E-state index is 15.7. The summed E-state index contributed by atoms with van der Waals surface area (Å²) in [6.45, 7) is 6.29. The number of amides is 1. The summed E-state index contributed by atoms with van der Waals surface area (Å²) in [5.41, 5.74) is -2.35. The number of aryl methyl sites for hydroxylation is 1. The molecule has 1 saturated carbocycles. The monoisotopic (exact) mass is 562 g/mol. The highest BCUT2D eigenvalue weighted by Gasteiger charge is 2.57. The number of benzene rings is 2. The van der Waals surface area contributed by atoms with Gasteiger partial charge in [-0.25, -0.2) is 13.8 Å². The SMILES string of the molecule is COc1cc(C(=O)NC[C@@](O)(c2cc(C(C)(C)O)c(F)c(-c3ccc(F)cc3)n2)C2(C)CC2)cc2cc(C)nnc12. The van der Waals surface area contributed by atoms with Crippen molar-refractivity contribution in [1.29, 1.82) is 0 Å². The molecule has 1 amide bonds. The van der Waals surface area contributed by atoms with E-state index in [-0.39, 0.29) is 29.1 Å². The van der Waals surface area contributed by atoms with E-state index in [1.54, 1.807) is 25.1 Å². The number of ether oxygens (including phenoxy) is 1. The summed E-state index contributed by atoms with van der Waals surface area (Å²) >= 11 is 0. The predicted octanol–water partition coefficient (Wildman–Crippen LogP) is 4.93. The molecular formula is C31H32F2N4O4. The van der Waals surface area contributed by atoms with Gasteiger partial charge in [-0.15, -0.1) is 5.10 Å². The fourth-order valence-electron chi connectivity index (χ4n) is 5.03. The number of nitrogens with one attached hydrogen (secondary N) is 1. The fourth-order valence-corrected chi connectivity index (χ4v) is 5.03. The maximum Gasteiger partial charge on any atom is 0.251 e. The molecule has 214 valence electrons. The van der Waals surface area contributed by atoms with Crippen LogP contribution in [0.25, 0.3) is 22.2 Å². The van der Waals surface area contributed by atoms with Gasteiger partial charge < -0.3 is 20.3 Å². The Morgan fingerprint density at radius 1 is 1.07 bits per heavy atom. The van der Waals surface area contributed by atoms with Crippen LogP contribution in [0.4, 0.5) is 8.78 Å². The van der Waals surface area contributed by atoms with Crippen LogP contribution < -0.4 is 10.1 Å². The van der Waals surface area contributed by atoms with Crippen LogP contribution in [-0.2, 0) is 11.2 Å². The van der Waals surface area contributed by atoms with Crippen LogP contribution in [0.15, 0.2) is 48.5 Å². The van der Waals surface area contributed by atoms with E-state index in [4.69, 9.17) is 4.74 Å². The molecule has 5 rings (SSSR count). The van der Waals surface area contributed by atoms with Crippen molar-refractivity contribution in [1.82, 2.24) is 20.5 Å². The van der Waals surface area contributed by atoms with Crippen molar-refractivity contribution in [3.05, 3.63) is 82.7 Å². The van der Waals surface area contributed by atoms with Gasteiger partial charge in [-0.1, -0.05) is 6.92 Å². The van der Waals surface area contributed by atoms with Crippen LogP contribution in [0.2, 0.25) is 0 Å². The Bertz CT molecular complexity index is 1650. The first-order chi connectivity index (χ1) is 19.3. The Labute approximate surface area is 236 Å². The lowest BCUT2D eigenvalue weighted by Gasteiger charge is -2.35. The molecule has 1 aliphatic carbocycles. The van der Waals surface area contributed by atoms with Gasteiger partial charge in [-0.05, 0) is 82.1 Å². The zero-order valence-corrected chi connectivity index (χ0v) is 23.5. The Kier molecular flexibility index (Phi) is 7.03. The molecule has 0 saturated heterocycles. The number of pyridine rings is 1. The molecule has 1 aliphatic rings. The smallest absolute Gasteiger partial charge is 0.251 e. The zero-order chi connectivity index (χ0) is 29.7. The number of hydrogen-bond acceptors (Lipinski definition) is 7. The number of nitrogens with zero attached hydrogens (tertiary/aromatic N) is 3. The quantitative estimate of drug-likeness (QED) is 0.279. The fraction of sp³-hybridized carbons (Fsp3) is 0.355. The van der Waals surface area contributed by atoms with Gasteiger partial charge in [-0.2, -0.15) is 5.10 Å². The number of carbonyl (C=O) groups is 1. The molecule has 3 N–H and O–H groups in total. The number of fused-ring (bicyclic) bond motifs is 1. The van der Waals surface area contributed by atoms with Crippen molar-refractivity contribution in [3.8, 4) is 17.0 Å². The van der Waals surface area contributed by atoms with Gasteiger partial charge in [0, 0.05) is 27.5 Å². The van der Waals surface area contributed by atoms with Gasteiger partial charge in [0.1, 0.15) is 28.4 Å². The van der Waals surface area contributed by atoms with E-state index in [0.29, 0.717) is 40.8 Å². The van der Waals surface area contributed by atoms with E-state index >= 15 is 4.39 Å². The second-order valence-electron chi connectivity index (χ2n) is 11.5. The van der Waals surface area contributed by atoms with E-state index in [2.05, 4.69) is 20.5 Å². The largest absolute Gasteiger partial charge is 0.494 e. The first-order valence-electron chi connectivity index (χ1n) is 13.3. The number of aliphatic hydroxyl groups is 2. The van der Waals surface area contributed by atoms with Crippen LogP contribution in [0.3, 0.4) is 0 Å². The van der Waals surface area contributed by atoms with E-state index in [1.807, 2.05) is 6.92 Å². The number of halogens is 2. The standard InChI is InChI=1S/C31H32F2N4O4/c1-17-12-19-13-20(14-23(41-5)26(19)37-36-17)28(38)34-16-31(40,30(4)10-11-30)24-15-22(29(2,3)39)25(33)27(35-24)18-6-8-21(32)9-7-18/h6-9,12-15,39-40H,10-11,16H2,1-5H3,(H,34,38)/t31-/m1/s1. The minimum absolute atomic E-state index is 0.0772. The molecular weight excluding hydrogens is 530 g/mol. The molecule has 1 atom stereocenters. The van der Waals surface area contributed by atoms with Crippen LogP contribution in [-0.4, -0.2) is 45.0 Å². The van der Waals surface area contributed by atoms with Crippen molar-refractivity contribution in [2.45, 2.75) is 51.7 Å². The minimum atomic E-state index is -1.71. The molecule has 1 fully saturated rings. The second-order valence-corrected chi connectivity index (χ2v) is 11.5. The van der Waals surface area contributed by atoms with Gasteiger partial charge in [0.2, 0.25) is 0 Å². The van der Waals surface area contributed by atoms with Gasteiger partial charge in [0.15, 0.2) is 5.82 Å². The molecule has 8 nitrogen and oxygen atoms in total. The molecule has 2 heterocycles. The first-order valence-corrected chi connectivity index (χ1v) is 13.3. The topological polar surface area (TPSA) is 117 Å². The lowest BCUT2D eigenvalue weighted by atomic mass is 9.80. The number of methoxy groups -OCH3 is 1. The van der Waals surface area contributed by atoms with Crippen molar-refractivity contribution in [3.63, 3.8) is 0 Å². The number of carbonyl (C=O) groups excluding carboxylic acids is 1. The molecule has 0 spiro atoms. The average molecular weight is 563 g/mol. The Morgan fingerprint density at radius 2 is 1.76 bits per heavy atom. The summed E-state index contributed by atoms with van der Waals surface area (Å²) in [4.78, 5) is 17.9. The predicted molar refractivity (Wildman–Crippen MR) is 149 cm³/mol. The summed E-state index contributed by atoms with van der Waals surface area (Å²) in [5, 5.41) is 34.7. The molecule has 0 unspecified atom stereocenters. The van der Waals surface area contributed by atoms with E-state index in [0.717, 1.165) is 0 Å². The maximum absolute atomic E-state index is 15.7. The Hall–Kier alpha value is -4.02. The van der Waals surface area contributed by atoms with Crippen LogP contribution in [0.1, 0.15) is 60.9 Å². The summed E-state index contributed by atoms with van der Waals surface area (Å²) in [6, 6.07) is 11.5. The average Bonchev–Trinajstić information content (AvgIpc) is 3.69. The number of aromatic nitrogens is 3.